The predicted octanol–water partition coefficient (Wildman–Crippen LogP) is 4.48. The molecule has 0 fully saturated rings. The Bertz CT molecular complexity index is 562. The van der Waals surface area contributed by atoms with E-state index < -0.39 is 0 Å². The van der Waals surface area contributed by atoms with Gasteiger partial charge < -0.3 is 10.1 Å². The van der Waals surface area contributed by atoms with Gasteiger partial charge in [0.1, 0.15) is 12.4 Å². The molecule has 1 unspecified atom stereocenters. The van der Waals surface area contributed by atoms with Gasteiger partial charge in [-0.3, -0.25) is 0 Å². The summed E-state index contributed by atoms with van der Waals surface area (Å²) < 4.78 is 6.06. The average molecular weight is 289 g/mol. The van der Waals surface area contributed by atoms with E-state index in [9.17, 15) is 0 Å². The Kier molecular flexibility index (Phi) is 5.21. The molecule has 20 heavy (non-hydrogen) atoms. The van der Waals surface area contributed by atoms with Crippen molar-refractivity contribution in [3.63, 3.8) is 0 Å². The molecule has 0 aliphatic carbocycles. The van der Waals surface area contributed by atoms with Crippen LogP contribution < -0.4 is 10.1 Å². The van der Waals surface area contributed by atoms with Gasteiger partial charge in [0.15, 0.2) is 0 Å². The van der Waals surface area contributed by atoms with Crippen molar-refractivity contribution in [2.75, 3.05) is 7.05 Å². The van der Waals surface area contributed by atoms with Crippen molar-refractivity contribution >= 4 is 11.3 Å². The molecule has 1 aromatic heterocycles. The summed E-state index contributed by atoms with van der Waals surface area (Å²) in [5.41, 5.74) is 2.44. The molecular formula is C17H23NOS. The van der Waals surface area contributed by atoms with Gasteiger partial charge >= 0.3 is 0 Å². The van der Waals surface area contributed by atoms with E-state index in [-0.39, 0.29) is 0 Å². The van der Waals surface area contributed by atoms with Gasteiger partial charge in [-0.2, -0.15) is 0 Å². The third-order valence-electron chi connectivity index (χ3n) is 3.50. The quantitative estimate of drug-likeness (QED) is 0.846. The number of rotatable bonds is 6. The Morgan fingerprint density at radius 1 is 1.20 bits per heavy atom. The van der Waals surface area contributed by atoms with E-state index in [0.717, 1.165) is 12.2 Å². The second-order valence-corrected chi connectivity index (χ2v) is 6.31. The molecule has 108 valence electrons. The zero-order chi connectivity index (χ0) is 14.5. The van der Waals surface area contributed by atoms with E-state index >= 15 is 0 Å². The van der Waals surface area contributed by atoms with E-state index in [1.54, 1.807) is 0 Å². The van der Waals surface area contributed by atoms with Crippen LogP contribution in [0.15, 0.2) is 30.3 Å². The number of hydrogen-bond acceptors (Lipinski definition) is 3. The lowest BCUT2D eigenvalue weighted by atomic mass is 10.1. The first-order valence-electron chi connectivity index (χ1n) is 7.12. The highest BCUT2D eigenvalue weighted by atomic mass is 32.1. The van der Waals surface area contributed by atoms with Crippen molar-refractivity contribution in [2.45, 2.75) is 39.8 Å². The highest BCUT2D eigenvalue weighted by Crippen LogP contribution is 2.28. The fourth-order valence-electron chi connectivity index (χ4n) is 2.12. The van der Waals surface area contributed by atoms with Gasteiger partial charge in [-0.15, -0.1) is 11.3 Å². The Hall–Kier alpha value is -1.32. The largest absolute Gasteiger partial charge is 0.488 e. The molecule has 0 aliphatic heterocycles. The summed E-state index contributed by atoms with van der Waals surface area (Å²) in [7, 11) is 1.97. The van der Waals surface area contributed by atoms with Crippen LogP contribution in [0.3, 0.4) is 0 Å². The standard InChI is InChI=1S/C17H23NOS/c1-5-14-7-8-15(20-14)11-19-17-10-12(2)6-9-16(17)13(3)18-4/h6-10,13,18H,5,11H2,1-4H3. The summed E-state index contributed by atoms with van der Waals surface area (Å²) in [6.07, 6.45) is 1.09. The van der Waals surface area contributed by atoms with Crippen molar-refractivity contribution in [2.24, 2.45) is 0 Å². The van der Waals surface area contributed by atoms with E-state index in [4.69, 9.17) is 4.74 Å². The van der Waals surface area contributed by atoms with Crippen molar-refractivity contribution in [3.05, 3.63) is 51.2 Å². The minimum Gasteiger partial charge on any atom is -0.488 e. The number of ether oxygens (including phenoxy) is 1. The number of nitrogens with one attached hydrogen (secondary N) is 1. The maximum absolute atomic E-state index is 6.06. The predicted molar refractivity (Wildman–Crippen MR) is 86.7 cm³/mol. The zero-order valence-electron chi connectivity index (χ0n) is 12.7. The van der Waals surface area contributed by atoms with Crippen LogP contribution in [0, 0.1) is 6.92 Å². The Morgan fingerprint density at radius 2 is 1.95 bits per heavy atom. The maximum Gasteiger partial charge on any atom is 0.124 e. The summed E-state index contributed by atoms with van der Waals surface area (Å²) in [5.74, 6) is 0.985. The number of benzene rings is 1. The monoisotopic (exact) mass is 289 g/mol. The first-order valence-corrected chi connectivity index (χ1v) is 7.94. The SMILES string of the molecule is CCc1ccc(COc2cc(C)ccc2C(C)NC)s1. The molecule has 1 atom stereocenters. The van der Waals surface area contributed by atoms with Gasteiger partial charge in [0, 0.05) is 21.4 Å². The Balaban J connectivity index is 2.13. The van der Waals surface area contributed by atoms with Gasteiger partial charge in [-0.1, -0.05) is 19.1 Å². The molecule has 2 rings (SSSR count). The normalized spacial score (nSPS) is 12.4. The van der Waals surface area contributed by atoms with Gasteiger partial charge in [-0.05, 0) is 51.1 Å². The maximum atomic E-state index is 6.06. The summed E-state index contributed by atoms with van der Waals surface area (Å²) >= 11 is 1.84. The lowest BCUT2D eigenvalue weighted by molar-refractivity contribution is 0.303. The van der Waals surface area contributed by atoms with E-state index in [1.165, 1.54) is 20.9 Å². The minimum absolute atomic E-state index is 0.292. The molecule has 0 aliphatic rings. The molecule has 1 heterocycles. The van der Waals surface area contributed by atoms with Crippen LogP contribution in [-0.4, -0.2) is 7.05 Å². The molecular weight excluding hydrogens is 266 g/mol. The number of aryl methyl sites for hydroxylation is 2. The Labute approximate surface area is 125 Å². The third kappa shape index (κ3) is 3.62. The number of hydrogen-bond donors (Lipinski definition) is 1. The number of thiophene rings is 1. The molecule has 1 aromatic carbocycles. The lowest BCUT2D eigenvalue weighted by Gasteiger charge is -2.17. The fourth-order valence-corrected chi connectivity index (χ4v) is 2.99. The highest BCUT2D eigenvalue weighted by Gasteiger charge is 2.11. The summed E-state index contributed by atoms with van der Waals surface area (Å²) in [6.45, 7) is 7.08. The molecule has 0 radical (unpaired) electrons. The van der Waals surface area contributed by atoms with E-state index in [2.05, 4.69) is 56.4 Å². The van der Waals surface area contributed by atoms with Gasteiger partial charge in [0.25, 0.3) is 0 Å². The fraction of sp³-hybridized carbons (Fsp3) is 0.412. The van der Waals surface area contributed by atoms with Gasteiger partial charge in [-0.25, -0.2) is 0 Å². The van der Waals surface area contributed by atoms with Crippen molar-refractivity contribution in [3.8, 4) is 5.75 Å². The second-order valence-electron chi connectivity index (χ2n) is 5.06. The van der Waals surface area contributed by atoms with Crippen molar-refractivity contribution in [1.82, 2.24) is 5.32 Å². The molecule has 2 nitrogen and oxygen atoms in total. The van der Waals surface area contributed by atoms with Crippen LogP contribution >= 0.6 is 11.3 Å². The minimum atomic E-state index is 0.292. The molecule has 0 spiro atoms. The van der Waals surface area contributed by atoms with Gasteiger partial charge in [0.2, 0.25) is 0 Å². The van der Waals surface area contributed by atoms with Crippen molar-refractivity contribution in [1.29, 1.82) is 0 Å². The zero-order valence-corrected chi connectivity index (χ0v) is 13.5. The van der Waals surface area contributed by atoms with Crippen LogP contribution in [0.1, 0.15) is 40.8 Å². The van der Waals surface area contributed by atoms with Crippen LogP contribution in [0.2, 0.25) is 0 Å². The first kappa shape index (κ1) is 15.1. The second kappa shape index (κ2) is 6.91. The molecule has 0 saturated carbocycles. The van der Waals surface area contributed by atoms with Crippen molar-refractivity contribution < 1.29 is 4.74 Å². The molecule has 3 heteroatoms. The molecule has 0 saturated heterocycles. The molecule has 1 N–H and O–H groups in total. The molecule has 0 amide bonds. The summed E-state index contributed by atoms with van der Waals surface area (Å²) in [5, 5.41) is 3.28. The smallest absolute Gasteiger partial charge is 0.124 e. The van der Waals surface area contributed by atoms with Gasteiger partial charge in [0.05, 0.1) is 0 Å². The average Bonchev–Trinajstić information content (AvgIpc) is 2.92. The van der Waals surface area contributed by atoms with E-state index in [0.29, 0.717) is 12.6 Å². The third-order valence-corrected chi connectivity index (χ3v) is 4.71. The van der Waals surface area contributed by atoms with E-state index in [1.807, 2.05) is 18.4 Å². The Morgan fingerprint density at radius 3 is 2.60 bits per heavy atom. The molecule has 2 aromatic rings. The highest BCUT2D eigenvalue weighted by molar-refractivity contribution is 7.11. The van der Waals surface area contributed by atoms with Crippen LogP contribution in [-0.2, 0) is 13.0 Å². The molecule has 0 bridgehead atoms. The topological polar surface area (TPSA) is 21.3 Å². The van der Waals surface area contributed by atoms with Crippen LogP contribution in [0.5, 0.6) is 5.75 Å². The summed E-state index contributed by atoms with van der Waals surface area (Å²) in [4.78, 5) is 2.70. The van der Waals surface area contributed by atoms with Crippen LogP contribution in [0.25, 0.3) is 0 Å². The summed E-state index contributed by atoms with van der Waals surface area (Å²) in [6, 6.07) is 11.1. The van der Waals surface area contributed by atoms with Crippen LogP contribution in [0.4, 0.5) is 0 Å². The first-order chi connectivity index (χ1) is 9.63. The lowest BCUT2D eigenvalue weighted by Crippen LogP contribution is -2.13.